The number of carbonyl (C=O) groups excluding carboxylic acids is 4. The highest BCUT2D eigenvalue weighted by atomic mass is 32.1. The number of amides is 3. The van der Waals surface area contributed by atoms with Crippen LogP contribution in [0.25, 0.3) is 0 Å². The number of hydrogen-bond acceptors (Lipinski definition) is 5. The van der Waals surface area contributed by atoms with Crippen molar-refractivity contribution in [1.29, 1.82) is 0 Å². The third-order valence-electron chi connectivity index (χ3n) is 5.30. The van der Waals surface area contributed by atoms with Crippen LogP contribution in [0, 0.1) is 0 Å². The van der Waals surface area contributed by atoms with Crippen molar-refractivity contribution in [1.82, 2.24) is 10.6 Å². The second-order valence-electron chi connectivity index (χ2n) is 7.76. The molecule has 3 N–H and O–H groups in total. The summed E-state index contributed by atoms with van der Waals surface area (Å²) >= 11 is 1.35. The zero-order chi connectivity index (χ0) is 25.3. The highest BCUT2D eigenvalue weighted by Gasteiger charge is 2.18. The van der Waals surface area contributed by atoms with Gasteiger partial charge in [-0.1, -0.05) is 54.6 Å². The Balaban J connectivity index is 1.32. The van der Waals surface area contributed by atoms with E-state index in [4.69, 9.17) is 0 Å². The van der Waals surface area contributed by atoms with E-state index in [9.17, 15) is 19.2 Å². The van der Waals surface area contributed by atoms with Gasteiger partial charge in [0.15, 0.2) is 5.78 Å². The predicted molar refractivity (Wildman–Crippen MR) is 140 cm³/mol. The molecule has 4 aromatic rings. The maximum atomic E-state index is 12.9. The molecule has 0 spiro atoms. The number of thiophene rings is 1. The van der Waals surface area contributed by atoms with E-state index in [1.807, 2.05) is 11.4 Å². The van der Waals surface area contributed by atoms with Crippen LogP contribution in [0.4, 0.5) is 5.69 Å². The number of carbonyl (C=O) groups is 4. The fourth-order valence-corrected chi connectivity index (χ4v) is 4.12. The normalized spacial score (nSPS) is 10.3. The SMILES string of the molecule is O=C(NCCNC(=O)c1cccs1)c1ccc(NC(=O)c2ccccc2C(=O)c2ccccc2)cc1. The molecule has 3 amide bonds. The lowest BCUT2D eigenvalue weighted by atomic mass is 9.98. The van der Waals surface area contributed by atoms with E-state index < -0.39 is 5.91 Å². The Kier molecular flexibility index (Phi) is 8.00. The second-order valence-corrected chi connectivity index (χ2v) is 8.71. The molecule has 7 nitrogen and oxygen atoms in total. The Morgan fingerprint density at radius 2 is 1.22 bits per heavy atom. The quantitative estimate of drug-likeness (QED) is 0.236. The molecule has 8 heteroatoms. The van der Waals surface area contributed by atoms with Crippen molar-refractivity contribution >= 4 is 40.5 Å². The van der Waals surface area contributed by atoms with Gasteiger partial charge in [0.25, 0.3) is 17.7 Å². The van der Waals surface area contributed by atoms with E-state index in [0.29, 0.717) is 33.8 Å². The third-order valence-corrected chi connectivity index (χ3v) is 6.17. The van der Waals surface area contributed by atoms with E-state index in [1.165, 1.54) is 11.3 Å². The smallest absolute Gasteiger partial charge is 0.261 e. The average molecular weight is 498 g/mol. The molecule has 3 aromatic carbocycles. The third kappa shape index (κ3) is 6.11. The first-order chi connectivity index (χ1) is 17.5. The van der Waals surface area contributed by atoms with Crippen LogP contribution in [0.2, 0.25) is 0 Å². The zero-order valence-corrected chi connectivity index (χ0v) is 20.0. The van der Waals surface area contributed by atoms with Gasteiger partial charge in [0.2, 0.25) is 0 Å². The summed E-state index contributed by atoms with van der Waals surface area (Å²) < 4.78 is 0. The number of nitrogens with one attached hydrogen (secondary N) is 3. The fourth-order valence-electron chi connectivity index (χ4n) is 3.48. The van der Waals surface area contributed by atoms with Gasteiger partial charge in [-0.15, -0.1) is 11.3 Å². The van der Waals surface area contributed by atoms with Gasteiger partial charge in [0.05, 0.1) is 10.4 Å². The second kappa shape index (κ2) is 11.7. The molecule has 4 rings (SSSR count). The first-order valence-corrected chi connectivity index (χ1v) is 12.1. The number of rotatable bonds is 9. The zero-order valence-electron chi connectivity index (χ0n) is 19.2. The van der Waals surface area contributed by atoms with E-state index in [1.54, 1.807) is 84.9 Å². The van der Waals surface area contributed by atoms with Gasteiger partial charge in [-0.3, -0.25) is 19.2 Å². The monoisotopic (exact) mass is 497 g/mol. The van der Waals surface area contributed by atoms with Crippen LogP contribution in [0.5, 0.6) is 0 Å². The lowest BCUT2D eigenvalue weighted by Gasteiger charge is -2.11. The molecule has 1 aromatic heterocycles. The van der Waals surface area contributed by atoms with E-state index in [0.717, 1.165) is 0 Å². The minimum atomic E-state index is -0.423. The van der Waals surface area contributed by atoms with Gasteiger partial charge < -0.3 is 16.0 Å². The van der Waals surface area contributed by atoms with Crippen molar-refractivity contribution in [3.63, 3.8) is 0 Å². The Morgan fingerprint density at radius 1 is 0.583 bits per heavy atom. The van der Waals surface area contributed by atoms with Crippen LogP contribution in [0.15, 0.2) is 96.4 Å². The largest absolute Gasteiger partial charge is 0.350 e. The summed E-state index contributed by atoms with van der Waals surface area (Å²) in [6.07, 6.45) is 0. The van der Waals surface area contributed by atoms with Gasteiger partial charge in [-0.05, 0) is 41.8 Å². The summed E-state index contributed by atoms with van der Waals surface area (Å²) in [5.41, 5.74) is 1.97. The van der Waals surface area contributed by atoms with Gasteiger partial charge in [-0.25, -0.2) is 0 Å². The van der Waals surface area contributed by atoms with Crippen LogP contribution in [0.3, 0.4) is 0 Å². The van der Waals surface area contributed by atoms with Crippen LogP contribution in [-0.4, -0.2) is 36.6 Å². The molecule has 180 valence electrons. The molecule has 0 saturated carbocycles. The molecule has 0 aliphatic carbocycles. The van der Waals surface area contributed by atoms with Crippen molar-refractivity contribution in [3.05, 3.63) is 124 Å². The van der Waals surface area contributed by atoms with Crippen molar-refractivity contribution in [3.8, 4) is 0 Å². The number of benzene rings is 3. The molecule has 0 unspecified atom stereocenters. The Labute approximate surface area is 212 Å². The Morgan fingerprint density at radius 3 is 1.89 bits per heavy atom. The van der Waals surface area contributed by atoms with E-state index >= 15 is 0 Å². The molecule has 36 heavy (non-hydrogen) atoms. The average Bonchev–Trinajstić information content (AvgIpc) is 3.47. The Hall–Kier alpha value is -4.56. The van der Waals surface area contributed by atoms with Crippen molar-refractivity contribution in [2.24, 2.45) is 0 Å². The predicted octanol–water partition coefficient (Wildman–Crippen LogP) is 4.39. The maximum absolute atomic E-state index is 12.9. The summed E-state index contributed by atoms with van der Waals surface area (Å²) in [6, 6.07) is 25.4. The first-order valence-electron chi connectivity index (χ1n) is 11.2. The van der Waals surface area contributed by atoms with Crippen LogP contribution in [0.1, 0.15) is 46.3 Å². The molecule has 0 aliphatic heterocycles. The highest BCUT2D eigenvalue weighted by molar-refractivity contribution is 7.12. The molecule has 0 radical (unpaired) electrons. The molecule has 0 atom stereocenters. The highest BCUT2D eigenvalue weighted by Crippen LogP contribution is 2.17. The Bertz CT molecular complexity index is 1370. The molecule has 0 bridgehead atoms. The molecule has 0 saturated heterocycles. The molecular weight excluding hydrogens is 474 g/mol. The number of ketones is 1. The van der Waals surface area contributed by atoms with Gasteiger partial charge >= 0.3 is 0 Å². The lowest BCUT2D eigenvalue weighted by molar-refractivity contribution is 0.0929. The minimum absolute atomic E-state index is 0.175. The van der Waals surface area contributed by atoms with Gasteiger partial charge in [0.1, 0.15) is 0 Å². The molecule has 0 aliphatic rings. The number of anilines is 1. The summed E-state index contributed by atoms with van der Waals surface area (Å²) in [4.78, 5) is 50.7. The van der Waals surface area contributed by atoms with Crippen molar-refractivity contribution in [2.75, 3.05) is 18.4 Å². The minimum Gasteiger partial charge on any atom is -0.350 e. The van der Waals surface area contributed by atoms with Gasteiger partial charge in [0, 0.05) is 35.5 Å². The van der Waals surface area contributed by atoms with Crippen LogP contribution in [-0.2, 0) is 0 Å². The summed E-state index contributed by atoms with van der Waals surface area (Å²) in [7, 11) is 0. The maximum Gasteiger partial charge on any atom is 0.261 e. The molecular formula is C28H23N3O4S. The summed E-state index contributed by atoms with van der Waals surface area (Å²) in [5, 5.41) is 10.1. The topological polar surface area (TPSA) is 104 Å². The van der Waals surface area contributed by atoms with Crippen molar-refractivity contribution in [2.45, 2.75) is 0 Å². The van der Waals surface area contributed by atoms with Crippen LogP contribution >= 0.6 is 11.3 Å². The molecule has 1 heterocycles. The van der Waals surface area contributed by atoms with Crippen molar-refractivity contribution < 1.29 is 19.2 Å². The fraction of sp³-hybridized carbons (Fsp3) is 0.0714. The molecule has 0 fully saturated rings. The first kappa shape index (κ1) is 24.6. The van der Waals surface area contributed by atoms with E-state index in [-0.39, 0.29) is 29.7 Å². The lowest BCUT2D eigenvalue weighted by Crippen LogP contribution is -2.34. The summed E-state index contributed by atoms with van der Waals surface area (Å²) in [6.45, 7) is 0.582. The standard InChI is InChI=1S/C28H23N3O4S/c32-25(19-7-2-1-3-8-19)22-9-4-5-10-23(22)27(34)31-21-14-12-20(13-15-21)26(33)29-16-17-30-28(35)24-11-6-18-36-24/h1-15,18H,16-17H2,(H,29,33)(H,30,35)(H,31,34). The number of hydrogen-bond donors (Lipinski definition) is 3. The summed E-state index contributed by atoms with van der Waals surface area (Å²) in [5.74, 6) is -1.13. The van der Waals surface area contributed by atoms with E-state index in [2.05, 4.69) is 16.0 Å². The van der Waals surface area contributed by atoms with Gasteiger partial charge in [-0.2, -0.15) is 0 Å². The van der Waals surface area contributed by atoms with Crippen LogP contribution < -0.4 is 16.0 Å².